The van der Waals surface area contributed by atoms with Crippen molar-refractivity contribution >= 4 is 17.8 Å². The van der Waals surface area contributed by atoms with E-state index in [0.29, 0.717) is 6.42 Å². The molecular formula is C12H22N2O4. The fraction of sp³-hybridized carbons (Fsp3) is 0.750. The molecule has 0 saturated carbocycles. The molecule has 0 atom stereocenters. The van der Waals surface area contributed by atoms with Gasteiger partial charge in [0.05, 0.1) is 6.54 Å². The van der Waals surface area contributed by atoms with E-state index in [0.717, 1.165) is 0 Å². The van der Waals surface area contributed by atoms with Gasteiger partial charge in [-0.2, -0.15) is 0 Å². The predicted octanol–water partition coefficient (Wildman–Crippen LogP) is 0.614. The number of nitrogens with one attached hydrogen (secondary N) is 1. The zero-order chi connectivity index (χ0) is 14.3. The largest absolute Gasteiger partial charge is 0.481 e. The van der Waals surface area contributed by atoms with E-state index < -0.39 is 5.97 Å². The third-order valence-corrected chi connectivity index (χ3v) is 2.10. The summed E-state index contributed by atoms with van der Waals surface area (Å²) in [5.74, 6) is -1.37. The van der Waals surface area contributed by atoms with Gasteiger partial charge in [0.15, 0.2) is 0 Å². The lowest BCUT2D eigenvalue weighted by Gasteiger charge is -2.23. The molecule has 2 amide bonds. The molecule has 2 N–H and O–H groups in total. The first kappa shape index (κ1) is 16.4. The highest BCUT2D eigenvalue weighted by Gasteiger charge is 2.17. The second-order valence-corrected chi connectivity index (χ2v) is 5.30. The molecule has 0 aliphatic heterocycles. The van der Waals surface area contributed by atoms with Crippen molar-refractivity contribution in [1.82, 2.24) is 10.2 Å². The number of amides is 2. The van der Waals surface area contributed by atoms with Crippen LogP contribution in [0.1, 0.15) is 40.0 Å². The van der Waals surface area contributed by atoms with Crippen molar-refractivity contribution in [3.8, 4) is 0 Å². The molecule has 0 bridgehead atoms. The number of carboxylic acids is 1. The Labute approximate surface area is 107 Å². The standard InChI is InChI=1S/C12H22N2O4/c1-12(2,3)13-9(15)8-14(4)10(16)6-5-7-11(17)18/h5-8H2,1-4H3,(H,13,15)(H,17,18). The average molecular weight is 258 g/mol. The number of hydrogen-bond acceptors (Lipinski definition) is 3. The number of carbonyl (C=O) groups excluding carboxylic acids is 2. The van der Waals surface area contributed by atoms with Gasteiger partial charge in [-0.1, -0.05) is 0 Å². The average Bonchev–Trinajstić information content (AvgIpc) is 2.13. The Morgan fingerprint density at radius 1 is 1.17 bits per heavy atom. The number of likely N-dealkylation sites (N-methyl/N-ethyl adjacent to an activating group) is 1. The first-order valence-electron chi connectivity index (χ1n) is 5.88. The molecule has 104 valence electrons. The summed E-state index contributed by atoms with van der Waals surface area (Å²) in [6.45, 7) is 5.57. The Kier molecular flexibility index (Phi) is 6.36. The first-order valence-corrected chi connectivity index (χ1v) is 5.88. The van der Waals surface area contributed by atoms with Crippen LogP contribution in [0.15, 0.2) is 0 Å². The highest BCUT2D eigenvalue weighted by atomic mass is 16.4. The number of hydrogen-bond donors (Lipinski definition) is 2. The zero-order valence-electron chi connectivity index (χ0n) is 11.4. The lowest BCUT2D eigenvalue weighted by Crippen LogP contribution is -2.46. The van der Waals surface area contributed by atoms with Gasteiger partial charge in [-0.3, -0.25) is 14.4 Å². The molecule has 0 unspecified atom stereocenters. The second kappa shape index (κ2) is 6.98. The van der Waals surface area contributed by atoms with E-state index in [9.17, 15) is 14.4 Å². The quantitative estimate of drug-likeness (QED) is 0.731. The SMILES string of the molecule is CN(CC(=O)NC(C)(C)C)C(=O)CCCC(=O)O. The molecular weight excluding hydrogens is 236 g/mol. The molecule has 6 heteroatoms. The normalized spacial score (nSPS) is 10.9. The molecule has 0 rings (SSSR count). The van der Waals surface area contributed by atoms with Gasteiger partial charge in [-0.15, -0.1) is 0 Å². The fourth-order valence-corrected chi connectivity index (χ4v) is 1.34. The summed E-state index contributed by atoms with van der Waals surface area (Å²) in [4.78, 5) is 34.7. The van der Waals surface area contributed by atoms with E-state index in [1.165, 1.54) is 11.9 Å². The van der Waals surface area contributed by atoms with E-state index in [1.807, 2.05) is 20.8 Å². The fourth-order valence-electron chi connectivity index (χ4n) is 1.34. The van der Waals surface area contributed by atoms with E-state index >= 15 is 0 Å². The topological polar surface area (TPSA) is 86.7 Å². The van der Waals surface area contributed by atoms with E-state index in [4.69, 9.17) is 5.11 Å². The molecule has 0 aliphatic rings. The molecule has 18 heavy (non-hydrogen) atoms. The van der Waals surface area contributed by atoms with Gasteiger partial charge in [0.2, 0.25) is 11.8 Å². The molecule has 0 heterocycles. The van der Waals surface area contributed by atoms with Crippen LogP contribution < -0.4 is 5.32 Å². The van der Waals surface area contributed by atoms with Crippen LogP contribution in [0.2, 0.25) is 0 Å². The van der Waals surface area contributed by atoms with E-state index in [1.54, 1.807) is 0 Å². The van der Waals surface area contributed by atoms with Crippen LogP contribution in [0.25, 0.3) is 0 Å². The van der Waals surface area contributed by atoms with Crippen molar-refractivity contribution in [2.24, 2.45) is 0 Å². The van der Waals surface area contributed by atoms with Crippen molar-refractivity contribution in [2.75, 3.05) is 13.6 Å². The monoisotopic (exact) mass is 258 g/mol. The van der Waals surface area contributed by atoms with Gasteiger partial charge >= 0.3 is 5.97 Å². The highest BCUT2D eigenvalue weighted by molar-refractivity contribution is 5.85. The molecule has 0 aromatic heterocycles. The van der Waals surface area contributed by atoms with Gasteiger partial charge < -0.3 is 15.3 Å². The summed E-state index contributed by atoms with van der Waals surface area (Å²) in [5, 5.41) is 11.2. The smallest absolute Gasteiger partial charge is 0.303 e. The maximum Gasteiger partial charge on any atom is 0.303 e. The van der Waals surface area contributed by atoms with E-state index in [2.05, 4.69) is 5.32 Å². The summed E-state index contributed by atoms with van der Waals surface area (Å²) < 4.78 is 0. The lowest BCUT2D eigenvalue weighted by molar-refractivity contribution is -0.138. The van der Waals surface area contributed by atoms with Crippen LogP contribution >= 0.6 is 0 Å². The number of nitrogens with zero attached hydrogens (tertiary/aromatic N) is 1. The Hall–Kier alpha value is -1.59. The van der Waals surface area contributed by atoms with Crippen LogP contribution in [-0.2, 0) is 14.4 Å². The van der Waals surface area contributed by atoms with Gasteiger partial charge in [0.1, 0.15) is 0 Å². The molecule has 0 saturated heterocycles. The van der Waals surface area contributed by atoms with Crippen molar-refractivity contribution < 1.29 is 19.5 Å². The van der Waals surface area contributed by atoms with Crippen molar-refractivity contribution in [3.05, 3.63) is 0 Å². The van der Waals surface area contributed by atoms with Crippen LogP contribution in [-0.4, -0.2) is 46.9 Å². The van der Waals surface area contributed by atoms with Crippen LogP contribution in [0.3, 0.4) is 0 Å². The summed E-state index contributed by atoms with van der Waals surface area (Å²) >= 11 is 0. The number of carbonyl (C=O) groups is 3. The highest BCUT2D eigenvalue weighted by Crippen LogP contribution is 2.01. The molecule has 0 aliphatic carbocycles. The summed E-state index contributed by atoms with van der Waals surface area (Å²) in [5.41, 5.74) is -0.329. The minimum Gasteiger partial charge on any atom is -0.481 e. The summed E-state index contributed by atoms with van der Waals surface area (Å²) in [6, 6.07) is 0. The van der Waals surface area contributed by atoms with E-state index in [-0.39, 0.29) is 36.7 Å². The number of aliphatic carboxylic acids is 1. The van der Waals surface area contributed by atoms with Crippen molar-refractivity contribution in [2.45, 2.75) is 45.6 Å². The Bertz CT molecular complexity index is 321. The third kappa shape index (κ3) is 8.55. The third-order valence-electron chi connectivity index (χ3n) is 2.10. The van der Waals surface area contributed by atoms with Gasteiger partial charge in [-0.05, 0) is 27.2 Å². The van der Waals surface area contributed by atoms with Gasteiger partial charge in [-0.25, -0.2) is 0 Å². The molecule has 0 aromatic carbocycles. The minimum absolute atomic E-state index is 0.0107. The maximum absolute atomic E-state index is 11.6. The van der Waals surface area contributed by atoms with Crippen LogP contribution in [0.5, 0.6) is 0 Å². The molecule has 0 aromatic rings. The number of rotatable bonds is 6. The van der Waals surface area contributed by atoms with Gasteiger partial charge in [0.25, 0.3) is 0 Å². The Balaban J connectivity index is 4.00. The molecule has 0 fully saturated rings. The van der Waals surface area contributed by atoms with Crippen molar-refractivity contribution in [3.63, 3.8) is 0 Å². The minimum atomic E-state index is -0.920. The Morgan fingerprint density at radius 3 is 2.17 bits per heavy atom. The second-order valence-electron chi connectivity index (χ2n) is 5.30. The van der Waals surface area contributed by atoms with Crippen LogP contribution in [0.4, 0.5) is 0 Å². The number of carboxylic acid groups (broad SMARTS) is 1. The molecule has 6 nitrogen and oxygen atoms in total. The molecule has 0 spiro atoms. The molecule has 0 radical (unpaired) electrons. The van der Waals surface area contributed by atoms with Crippen LogP contribution in [0, 0.1) is 0 Å². The predicted molar refractivity (Wildman–Crippen MR) is 67.0 cm³/mol. The maximum atomic E-state index is 11.6. The van der Waals surface area contributed by atoms with Gasteiger partial charge in [0, 0.05) is 25.4 Å². The Morgan fingerprint density at radius 2 is 1.72 bits per heavy atom. The lowest BCUT2D eigenvalue weighted by atomic mass is 10.1. The summed E-state index contributed by atoms with van der Waals surface area (Å²) in [6.07, 6.45) is 0.402. The first-order chi connectivity index (χ1) is 8.11. The van der Waals surface area contributed by atoms with Crippen molar-refractivity contribution in [1.29, 1.82) is 0 Å². The summed E-state index contributed by atoms with van der Waals surface area (Å²) in [7, 11) is 1.53. The zero-order valence-corrected chi connectivity index (χ0v) is 11.4.